The first-order valence-electron chi connectivity index (χ1n) is 19.8. The van der Waals surface area contributed by atoms with Gasteiger partial charge in [-0.15, -0.1) is 0 Å². The van der Waals surface area contributed by atoms with Crippen LogP contribution in [0.2, 0.25) is 0 Å². The van der Waals surface area contributed by atoms with E-state index in [2.05, 4.69) is 31.4 Å². The molecule has 1 heterocycles. The highest BCUT2D eigenvalue weighted by Crippen LogP contribution is 2.18. The first-order chi connectivity index (χ1) is 21.2. The Hall–Kier alpha value is -1.06. The van der Waals surface area contributed by atoms with E-state index in [1.54, 1.807) is 0 Å². The third-order valence-electron chi connectivity index (χ3n) is 9.68. The molecule has 43 heavy (non-hydrogen) atoms. The second-order valence-electron chi connectivity index (χ2n) is 13.9. The molecule has 4 heteroatoms. The van der Waals surface area contributed by atoms with Crippen molar-refractivity contribution in [3.8, 4) is 0 Å². The quantitative estimate of drug-likeness (QED) is 0.0733. The van der Waals surface area contributed by atoms with Crippen LogP contribution < -0.4 is 10.6 Å². The molecular weight excluding hydrogens is 526 g/mol. The second-order valence-corrected chi connectivity index (χ2v) is 13.9. The Morgan fingerprint density at radius 3 is 1.28 bits per heavy atom. The van der Waals surface area contributed by atoms with E-state index in [1.165, 1.54) is 180 Å². The van der Waals surface area contributed by atoms with Crippen LogP contribution in [0.25, 0.3) is 0 Å². The van der Waals surface area contributed by atoms with Crippen LogP contribution >= 0.6 is 0 Å². The third kappa shape index (κ3) is 23.9. The van der Waals surface area contributed by atoms with Crippen molar-refractivity contribution in [3.63, 3.8) is 0 Å². The Bertz CT molecular complexity index is 648. The first-order valence-corrected chi connectivity index (χ1v) is 19.8. The molecule has 0 aromatic rings. The van der Waals surface area contributed by atoms with Gasteiger partial charge < -0.3 is 10.6 Å². The highest BCUT2D eigenvalue weighted by Gasteiger charge is 2.34. The summed E-state index contributed by atoms with van der Waals surface area (Å²) in [5, 5.41) is 6.91. The lowest BCUT2D eigenvalue weighted by atomic mass is 10.0. The molecule has 0 bridgehead atoms. The van der Waals surface area contributed by atoms with Gasteiger partial charge in [-0.1, -0.05) is 194 Å². The zero-order valence-corrected chi connectivity index (χ0v) is 29.7. The molecule has 0 fully saturated rings. The number of aliphatic imine (C=N–C) groups is 1. The number of nitrogens with one attached hydrogen (secondary N) is 2. The minimum absolute atomic E-state index is 0.192. The van der Waals surface area contributed by atoms with Crippen LogP contribution in [-0.4, -0.2) is 24.0 Å². The maximum atomic E-state index is 12.7. The largest absolute Gasteiger partial charge is 0.350 e. The number of hydrogen-bond donors (Lipinski definition) is 2. The topological polar surface area (TPSA) is 53.5 Å². The Balaban J connectivity index is 1.93. The maximum Gasteiger partial charge on any atom is 0.221 e. The zero-order valence-electron chi connectivity index (χ0n) is 29.7. The first kappa shape index (κ1) is 40.0. The highest BCUT2D eigenvalue weighted by atomic mass is 16.1. The molecule has 0 saturated carbocycles. The smallest absolute Gasteiger partial charge is 0.221 e. The van der Waals surface area contributed by atoms with E-state index in [0.29, 0.717) is 13.0 Å². The third-order valence-corrected chi connectivity index (χ3v) is 9.68. The molecule has 1 amide bonds. The molecule has 0 saturated heterocycles. The molecule has 0 aromatic heterocycles. The molecule has 0 spiro atoms. The highest BCUT2D eigenvalue weighted by molar-refractivity contribution is 5.86. The summed E-state index contributed by atoms with van der Waals surface area (Å²) >= 11 is 0. The fourth-order valence-electron chi connectivity index (χ4n) is 6.56. The Morgan fingerprint density at radius 2 is 0.907 bits per heavy atom. The van der Waals surface area contributed by atoms with Crippen LogP contribution in [-0.2, 0) is 4.79 Å². The van der Waals surface area contributed by atoms with Gasteiger partial charge >= 0.3 is 0 Å². The van der Waals surface area contributed by atoms with Gasteiger partial charge in [0.25, 0.3) is 0 Å². The fraction of sp³-hybridized carbons (Fsp3) is 0.949. The van der Waals surface area contributed by atoms with Gasteiger partial charge in [-0.05, 0) is 19.3 Å². The van der Waals surface area contributed by atoms with E-state index in [-0.39, 0.29) is 11.6 Å². The lowest BCUT2D eigenvalue weighted by Gasteiger charge is -2.30. The number of unbranched alkanes of at least 4 members (excludes halogenated alkanes) is 27. The zero-order chi connectivity index (χ0) is 31.1. The maximum absolute atomic E-state index is 12.7. The predicted octanol–water partition coefficient (Wildman–Crippen LogP) is 12.3. The molecule has 1 unspecified atom stereocenters. The summed E-state index contributed by atoms with van der Waals surface area (Å²) in [6.45, 7) is 7.42. The van der Waals surface area contributed by atoms with E-state index in [1.807, 2.05) is 0 Å². The number of amides is 1. The number of carbonyl (C=O) groups excluding carboxylic acids is 1. The van der Waals surface area contributed by atoms with E-state index < -0.39 is 0 Å². The Labute approximate surface area is 270 Å². The summed E-state index contributed by atoms with van der Waals surface area (Å²) in [4.78, 5) is 17.5. The molecular formula is C39H77N3O. The monoisotopic (exact) mass is 604 g/mol. The average Bonchev–Trinajstić information content (AvgIpc) is 3.42. The van der Waals surface area contributed by atoms with Crippen molar-refractivity contribution < 1.29 is 4.79 Å². The predicted molar refractivity (Wildman–Crippen MR) is 191 cm³/mol. The minimum Gasteiger partial charge on any atom is -0.350 e. The standard InChI is InChI=1S/C39H77N3O/c1-4-7-9-11-13-15-17-19-21-23-25-27-29-31-33-35-38(43)42-39(6-3)36-40-37(41-39)34-32-30-28-26-24-22-20-18-16-14-12-10-8-5-2/h4-36H2,1-3H3,(H,40,41)(H,42,43). The number of amidine groups is 1. The van der Waals surface area contributed by atoms with E-state index >= 15 is 0 Å². The molecule has 1 atom stereocenters. The molecule has 1 aliphatic rings. The molecule has 254 valence electrons. The van der Waals surface area contributed by atoms with Gasteiger partial charge in [-0.3, -0.25) is 9.79 Å². The summed E-state index contributed by atoms with van der Waals surface area (Å²) in [6, 6.07) is 0. The SMILES string of the molecule is CCCCCCCCCCCCCCCCCC(=O)NC1(CC)CN=C(CCCCCCCCCCCCCCCC)N1. The van der Waals surface area contributed by atoms with Crippen molar-refractivity contribution >= 4 is 11.7 Å². The normalized spacial score (nSPS) is 16.4. The van der Waals surface area contributed by atoms with Gasteiger partial charge in [0.1, 0.15) is 5.66 Å². The van der Waals surface area contributed by atoms with Gasteiger partial charge in [0, 0.05) is 12.8 Å². The second kappa shape index (κ2) is 29.6. The van der Waals surface area contributed by atoms with E-state index in [9.17, 15) is 4.79 Å². The molecule has 2 N–H and O–H groups in total. The van der Waals surface area contributed by atoms with Crippen molar-refractivity contribution in [1.29, 1.82) is 0 Å². The Kier molecular flexibility index (Phi) is 27.5. The molecule has 0 aromatic carbocycles. The number of hydrogen-bond acceptors (Lipinski definition) is 3. The van der Waals surface area contributed by atoms with Crippen LogP contribution in [0.4, 0.5) is 0 Å². The molecule has 0 radical (unpaired) electrons. The van der Waals surface area contributed by atoms with Crippen molar-refractivity contribution in [3.05, 3.63) is 0 Å². The molecule has 0 aliphatic carbocycles. The van der Waals surface area contributed by atoms with E-state index in [0.717, 1.165) is 25.1 Å². The van der Waals surface area contributed by atoms with Crippen LogP contribution in [0.3, 0.4) is 0 Å². The lowest BCUT2D eigenvalue weighted by molar-refractivity contribution is -0.123. The van der Waals surface area contributed by atoms with Gasteiger partial charge in [0.2, 0.25) is 5.91 Å². The number of nitrogens with zero attached hydrogens (tertiary/aromatic N) is 1. The van der Waals surface area contributed by atoms with Gasteiger partial charge in [0.15, 0.2) is 0 Å². The number of carbonyl (C=O) groups is 1. The van der Waals surface area contributed by atoms with Gasteiger partial charge in [-0.25, -0.2) is 0 Å². The summed E-state index contributed by atoms with van der Waals surface area (Å²) in [6.07, 6.45) is 42.3. The van der Waals surface area contributed by atoms with Crippen molar-refractivity contribution in [2.45, 2.75) is 232 Å². The van der Waals surface area contributed by atoms with Crippen molar-refractivity contribution in [2.75, 3.05) is 6.54 Å². The van der Waals surface area contributed by atoms with Crippen LogP contribution in [0.15, 0.2) is 4.99 Å². The van der Waals surface area contributed by atoms with Gasteiger partial charge in [-0.2, -0.15) is 0 Å². The Morgan fingerprint density at radius 1 is 0.558 bits per heavy atom. The molecule has 1 aliphatic heterocycles. The van der Waals surface area contributed by atoms with Crippen molar-refractivity contribution in [1.82, 2.24) is 10.6 Å². The van der Waals surface area contributed by atoms with Crippen molar-refractivity contribution in [2.24, 2.45) is 4.99 Å². The average molecular weight is 604 g/mol. The molecule has 4 nitrogen and oxygen atoms in total. The summed E-state index contributed by atoms with van der Waals surface area (Å²) in [7, 11) is 0. The summed E-state index contributed by atoms with van der Waals surface area (Å²) < 4.78 is 0. The van der Waals surface area contributed by atoms with Crippen LogP contribution in [0, 0.1) is 0 Å². The minimum atomic E-state index is -0.349. The van der Waals surface area contributed by atoms with E-state index in [4.69, 9.17) is 4.99 Å². The van der Waals surface area contributed by atoms with Gasteiger partial charge in [0.05, 0.1) is 12.4 Å². The summed E-state index contributed by atoms with van der Waals surface area (Å²) in [5.74, 6) is 1.30. The van der Waals surface area contributed by atoms with Crippen LogP contribution in [0.5, 0.6) is 0 Å². The fourth-order valence-corrected chi connectivity index (χ4v) is 6.56. The number of rotatable bonds is 33. The lowest BCUT2D eigenvalue weighted by Crippen LogP contribution is -2.58. The summed E-state index contributed by atoms with van der Waals surface area (Å²) in [5.41, 5.74) is -0.349. The van der Waals surface area contributed by atoms with Crippen LogP contribution in [0.1, 0.15) is 226 Å². The molecule has 1 rings (SSSR count).